The molecule has 150 valence electrons. The summed E-state index contributed by atoms with van der Waals surface area (Å²) in [5, 5.41) is 0.0744. The van der Waals surface area contributed by atoms with Crippen LogP contribution in [-0.4, -0.2) is 13.2 Å². The fraction of sp³-hybridized carbons (Fsp3) is 0.111. The topological polar surface area (TPSA) is 18.5 Å². The molecule has 0 aliphatic carbocycles. The summed E-state index contributed by atoms with van der Waals surface area (Å²) in [6, 6.07) is 0. The smallest absolute Gasteiger partial charge is 0.160 e. The van der Waals surface area contributed by atoms with Gasteiger partial charge in [0.05, 0.1) is 20.1 Å². The Hall–Kier alpha value is -0.160. The Kier molecular flexibility index (Phi) is 8.82. The van der Waals surface area contributed by atoms with E-state index >= 15 is 0 Å². The maximum atomic E-state index is 6.43. The number of benzene rings is 2. The van der Waals surface area contributed by atoms with Crippen molar-refractivity contribution in [3.8, 4) is 22.6 Å². The molecule has 2 aromatic carbocycles. The molecule has 28 heavy (non-hydrogen) atoms. The zero-order valence-electron chi connectivity index (χ0n) is 13.8. The highest BCUT2D eigenvalue weighted by atomic mass is 35.5. The average Bonchev–Trinajstić information content (AvgIpc) is 2.67. The first-order valence-electron chi connectivity index (χ1n) is 7.38. The SMILES string of the molecule is C=CCOc1c(Cl)c(Cl)c(-c2c(Cl)c(Cl)c(OCC=C)c(Cl)c2Cl)c(Cl)c1Cl. The molecule has 0 aromatic heterocycles. The molecule has 0 aliphatic rings. The maximum absolute atomic E-state index is 6.43. The lowest BCUT2D eigenvalue weighted by atomic mass is 10.0. The zero-order chi connectivity index (χ0) is 21.2. The van der Waals surface area contributed by atoms with Gasteiger partial charge in [-0.2, -0.15) is 0 Å². The van der Waals surface area contributed by atoms with Gasteiger partial charge in [0, 0.05) is 11.1 Å². The highest BCUT2D eigenvalue weighted by Crippen LogP contribution is 2.56. The third-order valence-corrected chi connectivity index (χ3v) is 6.73. The first-order chi connectivity index (χ1) is 13.2. The molecular formula is C18H10Cl8O2. The van der Waals surface area contributed by atoms with Crippen molar-refractivity contribution >= 4 is 92.8 Å². The third kappa shape index (κ3) is 4.45. The van der Waals surface area contributed by atoms with Gasteiger partial charge in [0.15, 0.2) is 11.5 Å². The van der Waals surface area contributed by atoms with Crippen LogP contribution < -0.4 is 9.47 Å². The fourth-order valence-electron chi connectivity index (χ4n) is 2.20. The van der Waals surface area contributed by atoms with Crippen molar-refractivity contribution in [3.05, 3.63) is 65.5 Å². The molecule has 2 aromatic rings. The van der Waals surface area contributed by atoms with E-state index in [0.717, 1.165) is 0 Å². The molecule has 0 aliphatic heterocycles. The molecule has 2 nitrogen and oxygen atoms in total. The second-order valence-corrected chi connectivity index (χ2v) is 8.14. The molecule has 10 heteroatoms. The molecule has 0 fully saturated rings. The Bertz CT molecular complexity index is 820. The summed E-state index contributed by atoms with van der Waals surface area (Å²) in [7, 11) is 0. The van der Waals surface area contributed by atoms with Crippen LogP contribution in [0.5, 0.6) is 11.5 Å². The van der Waals surface area contributed by atoms with Crippen molar-refractivity contribution in [1.29, 1.82) is 0 Å². The van der Waals surface area contributed by atoms with Gasteiger partial charge in [0.2, 0.25) is 0 Å². The van der Waals surface area contributed by atoms with E-state index in [-0.39, 0.29) is 76.0 Å². The molecule has 0 amide bonds. The van der Waals surface area contributed by atoms with Crippen LogP contribution in [0.15, 0.2) is 25.3 Å². The minimum absolute atomic E-state index is 0.00539. The molecule has 0 atom stereocenters. The Labute approximate surface area is 202 Å². The predicted octanol–water partition coefficient (Wildman–Crippen LogP) is 9.71. The van der Waals surface area contributed by atoms with Crippen molar-refractivity contribution in [2.24, 2.45) is 0 Å². The molecular weight excluding hydrogens is 532 g/mol. The standard InChI is InChI=1S/C18H10Cl8O2/c1-3-5-27-17-13(23)9(19)7(10(20)14(17)24)8-11(21)15(25)18(28-6-4-2)16(26)12(8)22/h3-4H,1-2,5-6H2. The number of hydrogen-bond acceptors (Lipinski definition) is 2. The van der Waals surface area contributed by atoms with E-state index in [1.54, 1.807) is 0 Å². The Morgan fingerprint density at radius 3 is 0.964 bits per heavy atom. The van der Waals surface area contributed by atoms with Crippen LogP contribution in [0.25, 0.3) is 11.1 Å². The fourth-order valence-corrected chi connectivity index (χ4v) is 4.47. The lowest BCUT2D eigenvalue weighted by Crippen LogP contribution is -1.99. The van der Waals surface area contributed by atoms with Gasteiger partial charge >= 0.3 is 0 Å². The zero-order valence-corrected chi connectivity index (χ0v) is 19.9. The van der Waals surface area contributed by atoms with Crippen LogP contribution in [0, 0.1) is 0 Å². The van der Waals surface area contributed by atoms with E-state index in [0.29, 0.717) is 0 Å². The van der Waals surface area contributed by atoms with Crippen molar-refractivity contribution in [2.45, 2.75) is 0 Å². The number of ether oxygens (including phenoxy) is 2. The predicted molar refractivity (Wildman–Crippen MR) is 123 cm³/mol. The van der Waals surface area contributed by atoms with E-state index < -0.39 is 0 Å². The van der Waals surface area contributed by atoms with Crippen LogP contribution >= 0.6 is 92.8 Å². The highest BCUT2D eigenvalue weighted by Gasteiger charge is 2.29. The molecule has 0 spiro atoms. The number of hydrogen-bond donors (Lipinski definition) is 0. The van der Waals surface area contributed by atoms with Crippen LogP contribution in [0.3, 0.4) is 0 Å². The van der Waals surface area contributed by atoms with Crippen LogP contribution in [0.2, 0.25) is 40.2 Å². The summed E-state index contributed by atoms with van der Waals surface area (Å²) < 4.78 is 10.9. The van der Waals surface area contributed by atoms with Crippen molar-refractivity contribution in [1.82, 2.24) is 0 Å². The number of rotatable bonds is 7. The summed E-state index contributed by atoms with van der Waals surface area (Å²) in [4.78, 5) is 0. The first-order valence-corrected chi connectivity index (χ1v) is 10.4. The summed E-state index contributed by atoms with van der Waals surface area (Å²) in [6.45, 7) is 7.39. The quantitative estimate of drug-likeness (QED) is 0.256. The van der Waals surface area contributed by atoms with Crippen molar-refractivity contribution in [2.75, 3.05) is 13.2 Å². The first kappa shape index (κ1) is 24.1. The molecule has 0 saturated carbocycles. The average molecular weight is 542 g/mol. The minimum Gasteiger partial charge on any atom is -0.486 e. The summed E-state index contributed by atoms with van der Waals surface area (Å²) in [5.74, 6) is 0.190. The van der Waals surface area contributed by atoms with Gasteiger partial charge in [-0.25, -0.2) is 0 Å². The van der Waals surface area contributed by atoms with Gasteiger partial charge in [-0.1, -0.05) is 118 Å². The van der Waals surface area contributed by atoms with Crippen molar-refractivity contribution in [3.63, 3.8) is 0 Å². The third-order valence-electron chi connectivity index (χ3n) is 3.39. The van der Waals surface area contributed by atoms with E-state index in [9.17, 15) is 0 Å². The van der Waals surface area contributed by atoms with Crippen LogP contribution in [0.4, 0.5) is 0 Å². The summed E-state index contributed by atoms with van der Waals surface area (Å²) >= 11 is 51.0. The summed E-state index contributed by atoms with van der Waals surface area (Å²) in [6.07, 6.45) is 3.02. The molecule has 0 N–H and O–H groups in total. The Balaban J connectivity index is 2.82. The van der Waals surface area contributed by atoms with Gasteiger partial charge in [-0.15, -0.1) is 0 Å². The van der Waals surface area contributed by atoms with Gasteiger partial charge in [0.1, 0.15) is 33.3 Å². The van der Waals surface area contributed by atoms with Crippen molar-refractivity contribution < 1.29 is 9.47 Å². The lowest BCUT2D eigenvalue weighted by Gasteiger charge is -2.20. The molecule has 0 saturated heterocycles. The Morgan fingerprint density at radius 1 is 0.500 bits per heavy atom. The maximum Gasteiger partial charge on any atom is 0.160 e. The largest absolute Gasteiger partial charge is 0.486 e. The van der Waals surface area contributed by atoms with Crippen LogP contribution in [0.1, 0.15) is 0 Å². The Morgan fingerprint density at radius 2 is 0.750 bits per heavy atom. The summed E-state index contributed by atoms with van der Waals surface area (Å²) in [5.41, 5.74) is 0.303. The molecule has 0 heterocycles. The second-order valence-electron chi connectivity index (χ2n) is 5.12. The lowest BCUT2D eigenvalue weighted by molar-refractivity contribution is 0.363. The minimum atomic E-state index is 0.00539. The molecule has 2 rings (SSSR count). The van der Waals surface area contributed by atoms with E-state index in [2.05, 4.69) is 13.2 Å². The normalized spacial score (nSPS) is 10.7. The van der Waals surface area contributed by atoms with Gasteiger partial charge in [-0.3, -0.25) is 0 Å². The van der Waals surface area contributed by atoms with Gasteiger partial charge in [-0.05, 0) is 0 Å². The van der Waals surface area contributed by atoms with Gasteiger partial charge < -0.3 is 9.47 Å². The van der Waals surface area contributed by atoms with E-state index in [1.165, 1.54) is 12.2 Å². The molecule has 0 bridgehead atoms. The van der Waals surface area contributed by atoms with Crippen LogP contribution in [-0.2, 0) is 0 Å². The number of halogens is 8. The second kappa shape index (κ2) is 10.2. The van der Waals surface area contributed by atoms with Gasteiger partial charge in [0.25, 0.3) is 0 Å². The van der Waals surface area contributed by atoms with E-state index in [4.69, 9.17) is 102 Å². The monoisotopic (exact) mass is 538 g/mol. The molecule has 0 radical (unpaired) electrons. The highest BCUT2D eigenvalue weighted by molar-refractivity contribution is 6.55. The molecule has 0 unspecified atom stereocenters. The van der Waals surface area contributed by atoms with E-state index in [1.807, 2.05) is 0 Å².